The molecule has 2 N–H and O–H groups in total. The van der Waals surface area contributed by atoms with E-state index in [2.05, 4.69) is 30.3 Å². The fourth-order valence-electron chi connectivity index (χ4n) is 3.76. The fourth-order valence-corrected chi connectivity index (χ4v) is 3.76. The standard InChI is InChI=1S/C16H29N3/c1-4-14(17)15-10-18-12-19(15)11-16(9-13(2)3)7-5-6-8-16/h10,12-14H,4-9,11,17H2,1-3H3/t14-/m1/s1. The van der Waals surface area contributed by atoms with Gasteiger partial charge < -0.3 is 10.3 Å². The lowest BCUT2D eigenvalue weighted by molar-refractivity contribution is 0.194. The second kappa shape index (κ2) is 6.08. The summed E-state index contributed by atoms with van der Waals surface area (Å²) in [7, 11) is 0. The first kappa shape index (κ1) is 14.6. The zero-order chi connectivity index (χ0) is 13.9. The van der Waals surface area contributed by atoms with Crippen LogP contribution in [0.5, 0.6) is 0 Å². The van der Waals surface area contributed by atoms with E-state index in [1.54, 1.807) is 0 Å². The van der Waals surface area contributed by atoms with Crippen molar-refractivity contribution in [3.8, 4) is 0 Å². The number of aromatic nitrogens is 2. The molecule has 1 saturated carbocycles. The average Bonchev–Trinajstić information content (AvgIpc) is 2.98. The van der Waals surface area contributed by atoms with Crippen molar-refractivity contribution in [2.24, 2.45) is 17.1 Å². The van der Waals surface area contributed by atoms with E-state index < -0.39 is 0 Å². The lowest BCUT2D eigenvalue weighted by Gasteiger charge is -2.32. The first-order chi connectivity index (χ1) is 9.06. The molecule has 1 heterocycles. The van der Waals surface area contributed by atoms with Gasteiger partial charge in [0, 0.05) is 18.8 Å². The van der Waals surface area contributed by atoms with E-state index in [-0.39, 0.29) is 6.04 Å². The van der Waals surface area contributed by atoms with E-state index >= 15 is 0 Å². The van der Waals surface area contributed by atoms with E-state index in [0.29, 0.717) is 5.41 Å². The molecule has 0 bridgehead atoms. The molecule has 0 amide bonds. The maximum absolute atomic E-state index is 6.20. The molecule has 0 spiro atoms. The summed E-state index contributed by atoms with van der Waals surface area (Å²) < 4.78 is 2.32. The number of imidazole rings is 1. The maximum atomic E-state index is 6.20. The van der Waals surface area contributed by atoms with E-state index in [0.717, 1.165) is 18.9 Å². The molecule has 1 aliphatic carbocycles. The predicted octanol–water partition coefficient (Wildman–Crippen LogP) is 3.90. The van der Waals surface area contributed by atoms with Crippen molar-refractivity contribution in [3.63, 3.8) is 0 Å². The highest BCUT2D eigenvalue weighted by Crippen LogP contribution is 2.44. The van der Waals surface area contributed by atoms with Crippen LogP contribution in [-0.2, 0) is 6.54 Å². The van der Waals surface area contributed by atoms with Gasteiger partial charge in [-0.05, 0) is 37.0 Å². The number of hydrogen-bond acceptors (Lipinski definition) is 2. The lowest BCUT2D eigenvalue weighted by atomic mass is 9.78. The Hall–Kier alpha value is -0.830. The Morgan fingerprint density at radius 2 is 2.05 bits per heavy atom. The summed E-state index contributed by atoms with van der Waals surface area (Å²) in [4.78, 5) is 4.33. The fraction of sp³-hybridized carbons (Fsp3) is 0.812. The van der Waals surface area contributed by atoms with Crippen LogP contribution in [-0.4, -0.2) is 9.55 Å². The quantitative estimate of drug-likeness (QED) is 0.846. The molecular weight excluding hydrogens is 234 g/mol. The normalized spacial score (nSPS) is 20.1. The van der Waals surface area contributed by atoms with Crippen LogP contribution in [0.15, 0.2) is 12.5 Å². The van der Waals surface area contributed by atoms with Crippen LogP contribution in [0.25, 0.3) is 0 Å². The Bertz CT molecular complexity index is 388. The second-order valence-electron chi connectivity index (χ2n) is 6.77. The van der Waals surface area contributed by atoms with E-state index in [9.17, 15) is 0 Å². The Kier molecular flexibility index (Phi) is 4.67. The number of nitrogens with zero attached hydrogens (tertiary/aromatic N) is 2. The Morgan fingerprint density at radius 1 is 1.37 bits per heavy atom. The number of hydrogen-bond donors (Lipinski definition) is 1. The van der Waals surface area contributed by atoms with Crippen LogP contribution >= 0.6 is 0 Å². The Morgan fingerprint density at radius 3 is 2.63 bits per heavy atom. The first-order valence-corrected chi connectivity index (χ1v) is 7.82. The third-order valence-electron chi connectivity index (χ3n) is 4.58. The minimum Gasteiger partial charge on any atom is -0.333 e. The molecule has 0 radical (unpaired) electrons. The van der Waals surface area contributed by atoms with Crippen LogP contribution in [0.1, 0.15) is 71.0 Å². The van der Waals surface area contributed by atoms with Gasteiger partial charge in [-0.2, -0.15) is 0 Å². The highest BCUT2D eigenvalue weighted by Gasteiger charge is 2.35. The first-order valence-electron chi connectivity index (χ1n) is 7.82. The van der Waals surface area contributed by atoms with Gasteiger partial charge in [-0.1, -0.05) is 33.6 Å². The molecule has 1 atom stereocenters. The minimum absolute atomic E-state index is 0.125. The van der Waals surface area contributed by atoms with Crippen molar-refractivity contribution in [2.75, 3.05) is 0 Å². The molecular formula is C16H29N3. The van der Waals surface area contributed by atoms with Gasteiger partial charge in [0.15, 0.2) is 0 Å². The lowest BCUT2D eigenvalue weighted by Crippen LogP contribution is -2.27. The van der Waals surface area contributed by atoms with Crippen molar-refractivity contribution in [1.82, 2.24) is 9.55 Å². The molecule has 1 aliphatic rings. The molecule has 1 aromatic rings. The molecule has 19 heavy (non-hydrogen) atoms. The monoisotopic (exact) mass is 263 g/mol. The Labute approximate surface area is 117 Å². The van der Waals surface area contributed by atoms with E-state index in [1.807, 2.05) is 12.5 Å². The third-order valence-corrected chi connectivity index (χ3v) is 4.58. The SMILES string of the molecule is CC[C@@H](N)c1cncn1CC1(CC(C)C)CCCC1. The van der Waals surface area contributed by atoms with Crippen LogP contribution in [0, 0.1) is 11.3 Å². The molecule has 1 fully saturated rings. The van der Waals surface area contributed by atoms with Crippen LogP contribution in [0.4, 0.5) is 0 Å². The maximum Gasteiger partial charge on any atom is 0.0948 e. The van der Waals surface area contributed by atoms with Crippen molar-refractivity contribution in [1.29, 1.82) is 0 Å². The predicted molar refractivity (Wildman–Crippen MR) is 79.8 cm³/mol. The van der Waals surface area contributed by atoms with Crippen LogP contribution < -0.4 is 5.73 Å². The van der Waals surface area contributed by atoms with Crippen molar-refractivity contribution in [2.45, 2.75) is 71.9 Å². The summed E-state index contributed by atoms with van der Waals surface area (Å²) in [6.07, 6.45) is 11.7. The smallest absolute Gasteiger partial charge is 0.0948 e. The van der Waals surface area contributed by atoms with Gasteiger partial charge >= 0.3 is 0 Å². The molecule has 0 aromatic carbocycles. The summed E-state index contributed by atoms with van der Waals surface area (Å²) in [5.41, 5.74) is 7.89. The molecule has 3 nitrogen and oxygen atoms in total. The zero-order valence-electron chi connectivity index (χ0n) is 12.7. The third kappa shape index (κ3) is 3.38. The zero-order valence-corrected chi connectivity index (χ0v) is 12.7. The van der Waals surface area contributed by atoms with E-state index in [4.69, 9.17) is 5.73 Å². The Balaban J connectivity index is 2.15. The van der Waals surface area contributed by atoms with E-state index in [1.165, 1.54) is 37.8 Å². The number of nitrogens with two attached hydrogens (primary N) is 1. The molecule has 108 valence electrons. The van der Waals surface area contributed by atoms with Gasteiger partial charge in [0.1, 0.15) is 0 Å². The molecule has 3 heteroatoms. The molecule has 0 aliphatic heterocycles. The van der Waals surface area contributed by atoms with Crippen molar-refractivity contribution >= 4 is 0 Å². The molecule has 2 rings (SSSR count). The van der Waals surface area contributed by atoms with Gasteiger partial charge in [0.05, 0.1) is 12.0 Å². The van der Waals surface area contributed by atoms with Crippen molar-refractivity contribution in [3.05, 3.63) is 18.2 Å². The summed E-state index contributed by atoms with van der Waals surface area (Å²) in [5.74, 6) is 0.768. The topological polar surface area (TPSA) is 43.8 Å². The van der Waals surface area contributed by atoms with Gasteiger partial charge in [0.25, 0.3) is 0 Å². The molecule has 1 aromatic heterocycles. The van der Waals surface area contributed by atoms with Gasteiger partial charge in [0.2, 0.25) is 0 Å². The van der Waals surface area contributed by atoms with Gasteiger partial charge in [-0.15, -0.1) is 0 Å². The van der Waals surface area contributed by atoms with Gasteiger partial charge in [-0.25, -0.2) is 4.98 Å². The van der Waals surface area contributed by atoms with Crippen molar-refractivity contribution < 1.29 is 0 Å². The summed E-state index contributed by atoms with van der Waals surface area (Å²) in [5, 5.41) is 0. The highest BCUT2D eigenvalue weighted by molar-refractivity contribution is 5.05. The summed E-state index contributed by atoms with van der Waals surface area (Å²) in [6.45, 7) is 7.93. The largest absolute Gasteiger partial charge is 0.333 e. The van der Waals surface area contributed by atoms with Crippen LogP contribution in [0.3, 0.4) is 0 Å². The summed E-state index contributed by atoms with van der Waals surface area (Å²) >= 11 is 0. The second-order valence-corrected chi connectivity index (χ2v) is 6.77. The van der Waals surface area contributed by atoms with Gasteiger partial charge in [-0.3, -0.25) is 0 Å². The summed E-state index contributed by atoms with van der Waals surface area (Å²) in [6, 6.07) is 0.125. The minimum atomic E-state index is 0.125. The number of rotatable bonds is 6. The molecule has 0 unspecified atom stereocenters. The molecule has 0 saturated heterocycles. The highest BCUT2D eigenvalue weighted by atomic mass is 15.1. The van der Waals surface area contributed by atoms with Crippen LogP contribution in [0.2, 0.25) is 0 Å². The average molecular weight is 263 g/mol.